The van der Waals surface area contributed by atoms with Crippen LogP contribution in [0.1, 0.15) is 49.4 Å². The first-order chi connectivity index (χ1) is 10.0. The smallest absolute Gasteiger partial charge is 0.338 e. The van der Waals surface area contributed by atoms with Gasteiger partial charge in [0, 0.05) is 25.0 Å². The summed E-state index contributed by atoms with van der Waals surface area (Å²) in [5, 5.41) is 10.5. The van der Waals surface area contributed by atoms with E-state index in [1.165, 1.54) is 24.3 Å². The lowest BCUT2D eigenvalue weighted by Gasteiger charge is -2.04. The molecule has 1 aromatic carbocycles. The van der Waals surface area contributed by atoms with Crippen LogP contribution >= 0.6 is 0 Å². The summed E-state index contributed by atoms with van der Waals surface area (Å²) < 4.78 is 4.98. The second-order valence-corrected chi connectivity index (χ2v) is 4.69. The molecule has 0 fully saturated rings. The summed E-state index contributed by atoms with van der Waals surface area (Å²) in [5.41, 5.74) is 0.150. The molecule has 0 N–H and O–H groups in total. The number of nitro benzene ring substituents is 1. The number of nitro groups is 1. The maximum Gasteiger partial charge on any atom is 0.338 e. The molecule has 0 saturated carbocycles. The molecule has 21 heavy (non-hydrogen) atoms. The fourth-order valence-electron chi connectivity index (χ4n) is 1.76. The second-order valence-electron chi connectivity index (χ2n) is 4.69. The highest BCUT2D eigenvalue weighted by atomic mass is 16.6. The van der Waals surface area contributed by atoms with E-state index in [9.17, 15) is 19.7 Å². The number of carbonyl (C=O) groups excluding carboxylic acids is 2. The van der Waals surface area contributed by atoms with E-state index in [0.717, 1.165) is 19.3 Å². The summed E-state index contributed by atoms with van der Waals surface area (Å²) in [6.07, 6.45) is 3.67. The van der Waals surface area contributed by atoms with Gasteiger partial charge in [0.15, 0.2) is 0 Å². The molecule has 0 spiro atoms. The number of ketones is 1. The van der Waals surface area contributed by atoms with E-state index >= 15 is 0 Å². The topological polar surface area (TPSA) is 86.5 Å². The minimum Gasteiger partial charge on any atom is -0.462 e. The fraction of sp³-hybridized carbons (Fsp3) is 0.467. The number of hydrogen-bond acceptors (Lipinski definition) is 5. The zero-order valence-electron chi connectivity index (χ0n) is 12.0. The molecule has 114 valence electrons. The van der Waals surface area contributed by atoms with E-state index in [1.807, 2.05) is 0 Å². The molecule has 6 nitrogen and oxygen atoms in total. The van der Waals surface area contributed by atoms with Gasteiger partial charge >= 0.3 is 5.97 Å². The Kier molecular flexibility index (Phi) is 7.08. The summed E-state index contributed by atoms with van der Waals surface area (Å²) in [6, 6.07) is 5.16. The first kappa shape index (κ1) is 16.8. The maximum atomic E-state index is 11.7. The number of rotatable bonds is 9. The molecule has 0 bridgehead atoms. The number of non-ortho nitro benzene ring substituents is 1. The Labute approximate surface area is 123 Å². The summed E-state index contributed by atoms with van der Waals surface area (Å²) in [6.45, 7) is 2.11. The fourth-order valence-corrected chi connectivity index (χ4v) is 1.76. The van der Waals surface area contributed by atoms with Gasteiger partial charge in [0.2, 0.25) is 0 Å². The van der Waals surface area contributed by atoms with Crippen molar-refractivity contribution in [2.75, 3.05) is 6.61 Å². The maximum absolute atomic E-state index is 11.7. The zero-order chi connectivity index (χ0) is 15.7. The van der Waals surface area contributed by atoms with Crippen LogP contribution in [0.15, 0.2) is 24.3 Å². The van der Waals surface area contributed by atoms with Gasteiger partial charge in [-0.1, -0.05) is 19.8 Å². The molecule has 0 radical (unpaired) electrons. The molecule has 0 heterocycles. The normalized spacial score (nSPS) is 10.1. The van der Waals surface area contributed by atoms with Crippen molar-refractivity contribution >= 4 is 17.4 Å². The molecule has 0 aliphatic heterocycles. The van der Waals surface area contributed by atoms with Crippen molar-refractivity contribution in [2.45, 2.75) is 39.0 Å². The van der Waals surface area contributed by atoms with Crippen LogP contribution in [-0.4, -0.2) is 23.3 Å². The molecule has 6 heteroatoms. The van der Waals surface area contributed by atoms with Crippen molar-refractivity contribution in [3.8, 4) is 0 Å². The third-order valence-corrected chi connectivity index (χ3v) is 2.99. The van der Waals surface area contributed by atoms with Gasteiger partial charge in [-0.3, -0.25) is 14.9 Å². The molecular formula is C15H19NO5. The van der Waals surface area contributed by atoms with Crippen molar-refractivity contribution in [1.29, 1.82) is 0 Å². The first-order valence-corrected chi connectivity index (χ1v) is 6.98. The van der Waals surface area contributed by atoms with Gasteiger partial charge < -0.3 is 4.74 Å². The molecule has 0 amide bonds. The van der Waals surface area contributed by atoms with Crippen LogP contribution in [0, 0.1) is 10.1 Å². The van der Waals surface area contributed by atoms with Crippen LogP contribution in [0.3, 0.4) is 0 Å². The minimum absolute atomic E-state index is 0.0424. The average molecular weight is 293 g/mol. The predicted molar refractivity (Wildman–Crippen MR) is 77.1 cm³/mol. The predicted octanol–water partition coefficient (Wildman–Crippen LogP) is 3.29. The number of nitrogens with zero attached hydrogens (tertiary/aromatic N) is 1. The molecule has 1 rings (SSSR count). The highest BCUT2D eigenvalue weighted by molar-refractivity contribution is 5.89. The SMILES string of the molecule is CCCCCC(=O)CCOC(=O)c1ccc([N+](=O)[O-])cc1. The summed E-state index contributed by atoms with van der Waals surface area (Å²) in [5.74, 6) is -0.494. The highest BCUT2D eigenvalue weighted by Gasteiger charge is 2.11. The van der Waals surface area contributed by atoms with Gasteiger partial charge in [0.05, 0.1) is 17.1 Å². The summed E-state index contributed by atoms with van der Waals surface area (Å²) in [7, 11) is 0. The van der Waals surface area contributed by atoms with Crippen LogP contribution in [0.4, 0.5) is 5.69 Å². The van der Waals surface area contributed by atoms with Gasteiger partial charge in [0.25, 0.3) is 5.69 Å². The lowest BCUT2D eigenvalue weighted by Crippen LogP contribution is -2.10. The Morgan fingerprint density at radius 2 is 1.81 bits per heavy atom. The Morgan fingerprint density at radius 1 is 1.14 bits per heavy atom. The molecule has 0 aliphatic carbocycles. The molecule has 0 atom stereocenters. The monoisotopic (exact) mass is 293 g/mol. The summed E-state index contributed by atoms with van der Waals surface area (Å²) >= 11 is 0. The van der Waals surface area contributed by atoms with Crippen molar-refractivity contribution in [3.05, 3.63) is 39.9 Å². The molecule has 0 aliphatic rings. The summed E-state index contributed by atoms with van der Waals surface area (Å²) in [4.78, 5) is 33.1. The Hall–Kier alpha value is -2.24. The number of esters is 1. The number of Topliss-reactive ketones (excluding diaryl/α,β-unsaturated/α-hetero) is 1. The second kappa shape index (κ2) is 8.84. The van der Waals surface area contributed by atoms with E-state index in [4.69, 9.17) is 4.74 Å². The quantitative estimate of drug-likeness (QED) is 0.302. The van der Waals surface area contributed by atoms with E-state index in [-0.39, 0.29) is 30.1 Å². The lowest BCUT2D eigenvalue weighted by atomic mass is 10.1. The largest absolute Gasteiger partial charge is 0.462 e. The number of carbonyl (C=O) groups is 2. The third kappa shape index (κ3) is 6.16. The minimum atomic E-state index is -0.578. The Balaban J connectivity index is 2.33. The van der Waals surface area contributed by atoms with Gasteiger partial charge in [-0.05, 0) is 18.6 Å². The lowest BCUT2D eigenvalue weighted by molar-refractivity contribution is -0.384. The molecule has 1 aromatic rings. The van der Waals surface area contributed by atoms with E-state index in [0.29, 0.717) is 6.42 Å². The van der Waals surface area contributed by atoms with Gasteiger partial charge in [0.1, 0.15) is 5.78 Å². The average Bonchev–Trinajstić information content (AvgIpc) is 2.47. The number of hydrogen-bond donors (Lipinski definition) is 0. The van der Waals surface area contributed by atoms with Gasteiger partial charge in [-0.25, -0.2) is 4.79 Å². The number of unbranched alkanes of at least 4 members (excludes halogenated alkanes) is 2. The van der Waals surface area contributed by atoms with Crippen LogP contribution in [0.2, 0.25) is 0 Å². The van der Waals surface area contributed by atoms with Crippen LogP contribution in [-0.2, 0) is 9.53 Å². The zero-order valence-corrected chi connectivity index (χ0v) is 12.0. The van der Waals surface area contributed by atoms with Crippen molar-refractivity contribution in [2.24, 2.45) is 0 Å². The third-order valence-electron chi connectivity index (χ3n) is 2.99. The van der Waals surface area contributed by atoms with Crippen molar-refractivity contribution in [1.82, 2.24) is 0 Å². The van der Waals surface area contributed by atoms with Crippen molar-refractivity contribution < 1.29 is 19.2 Å². The van der Waals surface area contributed by atoms with Crippen LogP contribution < -0.4 is 0 Å². The molecule has 0 saturated heterocycles. The van der Waals surface area contributed by atoms with Gasteiger partial charge in [-0.15, -0.1) is 0 Å². The number of ether oxygens (including phenoxy) is 1. The van der Waals surface area contributed by atoms with Crippen LogP contribution in [0.5, 0.6) is 0 Å². The highest BCUT2D eigenvalue weighted by Crippen LogP contribution is 2.12. The standard InChI is InChI=1S/C15H19NO5/c1-2-3-4-5-14(17)10-11-21-15(18)12-6-8-13(9-7-12)16(19)20/h6-9H,2-5,10-11H2,1H3. The van der Waals surface area contributed by atoms with Gasteiger partial charge in [-0.2, -0.15) is 0 Å². The number of benzene rings is 1. The van der Waals surface area contributed by atoms with E-state index in [1.54, 1.807) is 0 Å². The molecule has 0 unspecified atom stereocenters. The Morgan fingerprint density at radius 3 is 2.38 bits per heavy atom. The van der Waals surface area contributed by atoms with E-state index in [2.05, 4.69) is 6.92 Å². The molecule has 0 aromatic heterocycles. The first-order valence-electron chi connectivity index (χ1n) is 6.98. The molecular weight excluding hydrogens is 274 g/mol. The van der Waals surface area contributed by atoms with Crippen LogP contribution in [0.25, 0.3) is 0 Å². The van der Waals surface area contributed by atoms with Crippen molar-refractivity contribution in [3.63, 3.8) is 0 Å². The van der Waals surface area contributed by atoms with E-state index < -0.39 is 10.9 Å². The Bertz CT molecular complexity index is 495.